The molecule has 6 rings (SSSR count). The van der Waals surface area contributed by atoms with Gasteiger partial charge in [0.25, 0.3) is 5.91 Å². The van der Waals surface area contributed by atoms with Gasteiger partial charge in [-0.1, -0.05) is 25.1 Å². The number of anilines is 2. The third-order valence-corrected chi connectivity index (χ3v) is 7.73. The molecule has 2 atom stereocenters. The van der Waals surface area contributed by atoms with E-state index >= 15 is 4.39 Å². The second kappa shape index (κ2) is 11.8. The number of amides is 3. The van der Waals surface area contributed by atoms with E-state index in [0.717, 1.165) is 11.1 Å². The monoisotopic (exact) mass is 580 g/mol. The van der Waals surface area contributed by atoms with E-state index in [4.69, 9.17) is 4.74 Å². The molecule has 42 heavy (non-hydrogen) atoms. The number of halogens is 3. The molecular weight excluding hydrogens is 549 g/mol. The number of carbonyl (C=O) groups excluding carboxylic acids is 3. The van der Waals surface area contributed by atoms with E-state index in [0.29, 0.717) is 28.8 Å². The van der Waals surface area contributed by atoms with Crippen LogP contribution in [-0.4, -0.2) is 36.3 Å². The highest BCUT2D eigenvalue weighted by Gasteiger charge is 2.29. The van der Waals surface area contributed by atoms with E-state index in [1.54, 1.807) is 6.07 Å². The lowest BCUT2D eigenvalue weighted by Crippen LogP contribution is -2.35. The van der Waals surface area contributed by atoms with Gasteiger partial charge < -0.3 is 25.6 Å². The molecule has 3 aromatic rings. The zero-order valence-corrected chi connectivity index (χ0v) is 23.4. The van der Waals surface area contributed by atoms with Gasteiger partial charge in [0.15, 0.2) is 0 Å². The maximum atomic E-state index is 15.2. The summed E-state index contributed by atoms with van der Waals surface area (Å²) in [5.74, 6) is -1.78. The minimum absolute atomic E-state index is 0.0199. The molecule has 3 N–H and O–H groups in total. The first-order valence-corrected chi connectivity index (χ1v) is 13.6. The van der Waals surface area contributed by atoms with E-state index in [-0.39, 0.29) is 54.2 Å². The molecule has 0 fully saturated rings. The van der Waals surface area contributed by atoms with E-state index in [1.807, 2.05) is 26.0 Å². The highest BCUT2D eigenvalue weighted by molar-refractivity contribution is 5.99. The van der Waals surface area contributed by atoms with Crippen LogP contribution < -0.4 is 20.7 Å². The summed E-state index contributed by atoms with van der Waals surface area (Å²) in [6.45, 7) is 0.889. The van der Waals surface area contributed by atoms with Crippen molar-refractivity contribution in [3.8, 4) is 5.75 Å². The molecule has 0 saturated heterocycles. The number of benzene rings is 3. The van der Waals surface area contributed by atoms with Crippen LogP contribution in [0.2, 0.25) is 0 Å². The molecule has 3 aliphatic heterocycles. The summed E-state index contributed by atoms with van der Waals surface area (Å²) < 4.78 is 46.3. The second-order valence-electron chi connectivity index (χ2n) is 10.7. The van der Waals surface area contributed by atoms with Gasteiger partial charge in [0.1, 0.15) is 17.6 Å². The van der Waals surface area contributed by atoms with E-state index in [2.05, 4.69) is 16.0 Å². The first-order valence-electron chi connectivity index (χ1n) is 13.6. The van der Waals surface area contributed by atoms with Crippen molar-refractivity contribution in [1.29, 1.82) is 0 Å². The summed E-state index contributed by atoms with van der Waals surface area (Å²) in [7, 11) is 1.49. The zero-order valence-electron chi connectivity index (χ0n) is 23.4. The Balaban J connectivity index is 1.58. The summed E-state index contributed by atoms with van der Waals surface area (Å²) in [5, 5.41) is 8.46. The van der Waals surface area contributed by atoms with E-state index in [1.165, 1.54) is 42.3 Å². The van der Waals surface area contributed by atoms with Crippen LogP contribution in [0.25, 0.3) is 0 Å². The lowest BCUT2D eigenvalue weighted by molar-refractivity contribution is -0.131. The number of aryl methyl sites for hydroxylation is 1. The third kappa shape index (κ3) is 6.05. The zero-order chi connectivity index (χ0) is 30.1. The molecule has 3 heterocycles. The number of hydrogen-bond acceptors (Lipinski definition) is 5. The Bertz CT molecular complexity index is 1560. The van der Waals surface area contributed by atoms with Crippen molar-refractivity contribution >= 4 is 29.1 Å². The van der Waals surface area contributed by atoms with Crippen molar-refractivity contribution in [1.82, 2.24) is 10.2 Å². The van der Waals surface area contributed by atoms with Crippen LogP contribution in [0, 0.1) is 12.7 Å². The van der Waals surface area contributed by atoms with Crippen molar-refractivity contribution in [3.05, 3.63) is 87.7 Å². The molecule has 0 spiro atoms. The fourth-order valence-electron chi connectivity index (χ4n) is 5.50. The van der Waals surface area contributed by atoms with Crippen LogP contribution >= 0.6 is 0 Å². The molecule has 4 bridgehead atoms. The largest absolute Gasteiger partial charge is 0.434 e. The van der Waals surface area contributed by atoms with Crippen molar-refractivity contribution in [3.63, 3.8) is 0 Å². The van der Waals surface area contributed by atoms with Crippen LogP contribution in [0.1, 0.15) is 69.9 Å². The maximum absolute atomic E-state index is 15.2. The fourth-order valence-corrected chi connectivity index (χ4v) is 5.50. The average Bonchev–Trinajstić information content (AvgIpc) is 3.29. The normalized spacial score (nSPS) is 19.0. The number of likely N-dealkylation sites (N-methyl/N-ethyl adjacent to an activating group) is 1. The van der Waals surface area contributed by atoms with E-state index < -0.39 is 24.4 Å². The molecule has 220 valence electrons. The number of nitrogens with one attached hydrogen (secondary N) is 3. The van der Waals surface area contributed by atoms with Crippen LogP contribution in [0.3, 0.4) is 0 Å². The molecule has 0 aromatic heterocycles. The molecule has 3 amide bonds. The third-order valence-electron chi connectivity index (χ3n) is 7.73. The van der Waals surface area contributed by atoms with E-state index in [9.17, 15) is 23.2 Å². The van der Waals surface area contributed by atoms with Gasteiger partial charge in [-0.15, -0.1) is 0 Å². The summed E-state index contributed by atoms with van der Waals surface area (Å²) in [6.07, 6.45) is 0.790. The minimum atomic E-state index is -3.10. The Morgan fingerprint density at radius 1 is 1.05 bits per heavy atom. The van der Waals surface area contributed by atoms with Crippen LogP contribution in [0.15, 0.2) is 48.5 Å². The second-order valence-corrected chi connectivity index (χ2v) is 10.7. The molecule has 0 radical (unpaired) electrons. The van der Waals surface area contributed by atoms with Gasteiger partial charge in [0, 0.05) is 43.4 Å². The Kier molecular flexibility index (Phi) is 8.11. The van der Waals surface area contributed by atoms with Crippen LogP contribution in [0.4, 0.5) is 24.5 Å². The number of rotatable bonds is 4. The summed E-state index contributed by atoms with van der Waals surface area (Å²) in [5.41, 5.74) is 3.90. The molecule has 0 unspecified atom stereocenters. The van der Waals surface area contributed by atoms with Crippen molar-refractivity contribution in [2.75, 3.05) is 17.7 Å². The van der Waals surface area contributed by atoms with Crippen LogP contribution in [0.5, 0.6) is 5.75 Å². The molecular formula is C31H31F3N4O4. The van der Waals surface area contributed by atoms with Gasteiger partial charge in [0.2, 0.25) is 11.8 Å². The standard InChI is InChI=1S/C31H31F3N4O4/c1-16-4-9-27(39)36-21-6-8-26(42-31(33)34)20(11-21)15-38(3)30(41)28(18-5-7-22(16)17(2)10-18)37-25-13-23-19(12-24(25)32)14-35-29(23)40/h5-8,10-13,16,28,31,37H,4,9,14-15H2,1-3H3,(H,35,40)(H,36,39)/t16-,28+/m0/s1. The minimum Gasteiger partial charge on any atom is -0.434 e. The summed E-state index contributed by atoms with van der Waals surface area (Å²) >= 11 is 0. The number of fused-ring (bicyclic) bond motifs is 10. The molecule has 0 aliphatic carbocycles. The van der Waals surface area contributed by atoms with Gasteiger partial charge in [-0.2, -0.15) is 8.78 Å². The first kappa shape index (κ1) is 29.0. The lowest BCUT2D eigenvalue weighted by atomic mass is 9.89. The fraction of sp³-hybridized carbons (Fsp3) is 0.323. The average molecular weight is 581 g/mol. The van der Waals surface area contributed by atoms with Gasteiger partial charge in [-0.3, -0.25) is 14.4 Å². The van der Waals surface area contributed by atoms with Crippen LogP contribution in [-0.2, 0) is 22.7 Å². The number of ether oxygens (including phenoxy) is 1. The van der Waals surface area contributed by atoms with Gasteiger partial charge >= 0.3 is 6.61 Å². The Hall–Kier alpha value is -4.54. The first-order chi connectivity index (χ1) is 20.0. The molecule has 8 nitrogen and oxygen atoms in total. The summed E-state index contributed by atoms with van der Waals surface area (Å²) in [4.78, 5) is 40.3. The number of alkyl halides is 2. The van der Waals surface area contributed by atoms with Crippen molar-refractivity contribution in [2.24, 2.45) is 0 Å². The number of nitrogens with zero attached hydrogens (tertiary/aromatic N) is 1. The smallest absolute Gasteiger partial charge is 0.387 e. The lowest BCUT2D eigenvalue weighted by Gasteiger charge is -2.28. The molecule has 3 aliphatic rings. The highest BCUT2D eigenvalue weighted by atomic mass is 19.3. The number of carbonyl (C=O) groups is 3. The predicted octanol–water partition coefficient (Wildman–Crippen LogP) is 5.63. The quantitative estimate of drug-likeness (QED) is 0.372. The Morgan fingerprint density at radius 2 is 1.83 bits per heavy atom. The molecule has 11 heteroatoms. The topological polar surface area (TPSA) is 99.8 Å². The Labute approximate surface area is 241 Å². The van der Waals surface area contributed by atoms with Crippen molar-refractivity contribution in [2.45, 2.75) is 58.3 Å². The van der Waals surface area contributed by atoms with Gasteiger partial charge in [-0.05, 0) is 71.8 Å². The van der Waals surface area contributed by atoms with Crippen molar-refractivity contribution < 1.29 is 32.3 Å². The number of hydrogen-bond donors (Lipinski definition) is 3. The maximum Gasteiger partial charge on any atom is 0.387 e. The van der Waals surface area contributed by atoms with Gasteiger partial charge in [-0.25, -0.2) is 4.39 Å². The SMILES string of the molecule is Cc1cc2ccc1[C@@H](C)CCC(=O)Nc1ccc(OC(F)F)c(c1)CN(C)C(=O)[C@@H]2Nc1cc2c(cc1F)CNC2=O. The van der Waals surface area contributed by atoms with Gasteiger partial charge in [0.05, 0.1) is 5.69 Å². The molecule has 3 aromatic carbocycles. The Morgan fingerprint density at radius 3 is 2.57 bits per heavy atom. The highest BCUT2D eigenvalue weighted by Crippen LogP contribution is 2.33. The predicted molar refractivity (Wildman–Crippen MR) is 151 cm³/mol. The molecule has 0 saturated carbocycles. The summed E-state index contributed by atoms with van der Waals surface area (Å²) in [6, 6.07) is 11.4.